The molecule has 0 aliphatic heterocycles. The van der Waals surface area contributed by atoms with Crippen LogP contribution in [0.3, 0.4) is 0 Å². The van der Waals surface area contributed by atoms with Crippen LogP contribution in [0.1, 0.15) is 83.5 Å². The van der Waals surface area contributed by atoms with Crippen molar-refractivity contribution in [3.05, 3.63) is 5.92 Å². The van der Waals surface area contributed by atoms with Crippen molar-refractivity contribution in [3.63, 3.8) is 0 Å². The third-order valence-corrected chi connectivity index (χ3v) is 4.43. The molecule has 0 nitrogen and oxygen atoms in total. The zero-order chi connectivity index (χ0) is 10.3. The smallest absolute Gasteiger partial charge is 0.0210 e. The monoisotopic (exact) mass is 207 g/mol. The van der Waals surface area contributed by atoms with E-state index in [4.69, 9.17) is 0 Å². The minimum Gasteiger partial charge on any atom is -0.0533 e. The van der Waals surface area contributed by atoms with E-state index in [0.717, 1.165) is 5.92 Å². The van der Waals surface area contributed by atoms with Gasteiger partial charge >= 0.3 is 0 Å². The lowest BCUT2D eigenvalue weighted by atomic mass is 9.76. The second kappa shape index (κ2) is 6.55. The van der Waals surface area contributed by atoms with Crippen LogP contribution in [0, 0.1) is 11.8 Å². The third kappa shape index (κ3) is 3.81. The Hall–Kier alpha value is 0. The van der Waals surface area contributed by atoms with Crippen molar-refractivity contribution >= 4 is 0 Å². The van der Waals surface area contributed by atoms with Crippen molar-refractivity contribution in [1.29, 1.82) is 0 Å². The summed E-state index contributed by atoms with van der Waals surface area (Å²) in [5.74, 6) is 3.01. The average molecular weight is 207 g/mol. The Kier molecular flexibility index (Phi) is 5.02. The molecule has 1 radical (unpaired) electrons. The van der Waals surface area contributed by atoms with Crippen LogP contribution in [0.5, 0.6) is 0 Å². The predicted octanol–water partition coefficient (Wildman–Crippen LogP) is 5.28. The average Bonchev–Trinajstić information content (AvgIpc) is 2.43. The summed E-state index contributed by atoms with van der Waals surface area (Å²) in [7, 11) is 0. The molecule has 15 heavy (non-hydrogen) atoms. The number of hydrogen-bond acceptors (Lipinski definition) is 0. The summed E-state index contributed by atoms with van der Waals surface area (Å²) in [4.78, 5) is 0. The van der Waals surface area contributed by atoms with Crippen molar-refractivity contribution in [1.82, 2.24) is 0 Å². The second-order valence-corrected chi connectivity index (χ2v) is 5.61. The summed E-state index contributed by atoms with van der Waals surface area (Å²) >= 11 is 0. The van der Waals surface area contributed by atoms with Gasteiger partial charge in [0.25, 0.3) is 0 Å². The fourth-order valence-electron chi connectivity index (χ4n) is 3.46. The second-order valence-electron chi connectivity index (χ2n) is 5.61. The highest BCUT2D eigenvalue weighted by atomic mass is 14.3. The molecule has 0 unspecified atom stereocenters. The van der Waals surface area contributed by atoms with Gasteiger partial charge in [0.05, 0.1) is 0 Å². The van der Waals surface area contributed by atoms with Gasteiger partial charge in [-0.15, -0.1) is 0 Å². The largest absolute Gasteiger partial charge is 0.0533 e. The van der Waals surface area contributed by atoms with Crippen molar-refractivity contribution in [2.45, 2.75) is 83.5 Å². The maximum Gasteiger partial charge on any atom is -0.0210 e. The summed E-state index contributed by atoms with van der Waals surface area (Å²) in [6, 6.07) is 0. The fourth-order valence-corrected chi connectivity index (χ4v) is 3.46. The maximum atomic E-state index is 1.97. The Morgan fingerprint density at radius 2 is 1.00 bits per heavy atom. The van der Waals surface area contributed by atoms with E-state index in [1.165, 1.54) is 83.5 Å². The molecular weight excluding hydrogens is 180 g/mol. The Labute approximate surface area is 95.8 Å². The lowest BCUT2D eigenvalue weighted by Crippen LogP contribution is -2.16. The molecule has 0 aromatic carbocycles. The molecule has 0 spiro atoms. The van der Waals surface area contributed by atoms with Crippen LogP contribution in [0.15, 0.2) is 0 Å². The minimum absolute atomic E-state index is 1.04. The maximum absolute atomic E-state index is 1.97. The van der Waals surface area contributed by atoms with Crippen LogP contribution in [0.2, 0.25) is 0 Å². The lowest BCUT2D eigenvalue weighted by molar-refractivity contribution is 0.340. The van der Waals surface area contributed by atoms with Crippen molar-refractivity contribution in [2.75, 3.05) is 0 Å². The summed E-state index contributed by atoms with van der Waals surface area (Å²) < 4.78 is 0. The highest BCUT2D eigenvalue weighted by Crippen LogP contribution is 2.37. The van der Waals surface area contributed by atoms with Crippen LogP contribution in [0.4, 0.5) is 0 Å². The number of rotatable bonds is 1. The van der Waals surface area contributed by atoms with Gasteiger partial charge in [-0.2, -0.15) is 0 Å². The summed E-state index contributed by atoms with van der Waals surface area (Å²) in [5.41, 5.74) is 0. The standard InChI is InChI=1S/C15H27/c1-2-4-7-11-14(10-6-3-1)15-12-8-5-9-13-15/h15H,1-13H2. The van der Waals surface area contributed by atoms with Gasteiger partial charge in [0, 0.05) is 0 Å². The molecule has 2 aliphatic carbocycles. The van der Waals surface area contributed by atoms with Gasteiger partial charge in [-0.3, -0.25) is 0 Å². The minimum atomic E-state index is 1.04. The van der Waals surface area contributed by atoms with E-state index in [1.807, 2.05) is 5.92 Å². The summed E-state index contributed by atoms with van der Waals surface area (Å²) in [6.45, 7) is 0. The van der Waals surface area contributed by atoms with Crippen LogP contribution >= 0.6 is 0 Å². The normalized spacial score (nSPS) is 28.0. The fraction of sp³-hybridized carbons (Fsp3) is 0.933. The molecule has 2 rings (SSSR count). The summed E-state index contributed by atoms with van der Waals surface area (Å²) in [6.07, 6.45) is 19.5. The molecule has 0 aromatic rings. The van der Waals surface area contributed by atoms with Gasteiger partial charge < -0.3 is 0 Å². The molecule has 2 fully saturated rings. The molecule has 0 amide bonds. The van der Waals surface area contributed by atoms with Gasteiger partial charge in [-0.05, 0) is 37.5 Å². The van der Waals surface area contributed by atoms with E-state index in [1.54, 1.807) is 0 Å². The van der Waals surface area contributed by atoms with E-state index in [0.29, 0.717) is 0 Å². The SMILES string of the molecule is C1CCCC[C](C2CCCCC2)CCC1. The molecule has 0 atom stereocenters. The molecule has 2 saturated carbocycles. The van der Waals surface area contributed by atoms with Gasteiger partial charge in [0.15, 0.2) is 0 Å². The molecule has 0 aromatic heterocycles. The first-order valence-electron chi connectivity index (χ1n) is 7.31. The van der Waals surface area contributed by atoms with Gasteiger partial charge in [0.1, 0.15) is 0 Å². The highest BCUT2D eigenvalue weighted by Gasteiger charge is 2.23. The third-order valence-electron chi connectivity index (χ3n) is 4.43. The molecule has 0 N–H and O–H groups in total. The van der Waals surface area contributed by atoms with E-state index in [2.05, 4.69) is 0 Å². The zero-order valence-corrected chi connectivity index (χ0v) is 10.3. The molecule has 2 aliphatic rings. The van der Waals surface area contributed by atoms with E-state index in [9.17, 15) is 0 Å². The molecule has 0 saturated heterocycles. The van der Waals surface area contributed by atoms with Gasteiger partial charge in [-0.1, -0.05) is 57.8 Å². The van der Waals surface area contributed by atoms with Crippen LogP contribution in [-0.2, 0) is 0 Å². The van der Waals surface area contributed by atoms with E-state index < -0.39 is 0 Å². The van der Waals surface area contributed by atoms with Crippen molar-refractivity contribution in [2.24, 2.45) is 5.92 Å². The zero-order valence-electron chi connectivity index (χ0n) is 10.3. The van der Waals surface area contributed by atoms with E-state index in [-0.39, 0.29) is 0 Å². The Bertz CT molecular complexity index is 145. The molecule has 87 valence electrons. The highest BCUT2D eigenvalue weighted by molar-refractivity contribution is 4.97. The molecule has 0 bridgehead atoms. The van der Waals surface area contributed by atoms with E-state index >= 15 is 0 Å². The molecular formula is C15H27. The van der Waals surface area contributed by atoms with Crippen molar-refractivity contribution in [3.8, 4) is 0 Å². The van der Waals surface area contributed by atoms with Gasteiger partial charge in [-0.25, -0.2) is 0 Å². The van der Waals surface area contributed by atoms with Crippen LogP contribution in [-0.4, -0.2) is 0 Å². The predicted molar refractivity (Wildman–Crippen MR) is 66.8 cm³/mol. The Morgan fingerprint density at radius 3 is 1.60 bits per heavy atom. The lowest BCUT2D eigenvalue weighted by Gasteiger charge is -2.29. The number of hydrogen-bond donors (Lipinski definition) is 0. The van der Waals surface area contributed by atoms with Crippen LogP contribution in [0.25, 0.3) is 0 Å². The quantitative estimate of drug-likeness (QED) is 0.549. The topological polar surface area (TPSA) is 0 Å². The Balaban J connectivity index is 1.80. The van der Waals surface area contributed by atoms with Gasteiger partial charge in [0.2, 0.25) is 0 Å². The Morgan fingerprint density at radius 1 is 0.533 bits per heavy atom. The first kappa shape index (κ1) is 11.5. The summed E-state index contributed by atoms with van der Waals surface area (Å²) in [5, 5.41) is 0. The molecule has 0 heteroatoms. The first-order valence-corrected chi connectivity index (χ1v) is 7.31. The van der Waals surface area contributed by atoms with Crippen LogP contribution < -0.4 is 0 Å². The molecule has 0 heterocycles. The van der Waals surface area contributed by atoms with Crippen molar-refractivity contribution < 1.29 is 0 Å². The first-order chi connectivity index (χ1) is 7.47.